The lowest BCUT2D eigenvalue weighted by atomic mass is 9.89. The second kappa shape index (κ2) is 6.61. The third-order valence-corrected chi connectivity index (χ3v) is 4.14. The fourth-order valence-electron chi connectivity index (χ4n) is 2.30. The summed E-state index contributed by atoms with van der Waals surface area (Å²) in [6.45, 7) is 11.6. The van der Waals surface area contributed by atoms with E-state index in [1.165, 1.54) is 19.3 Å². The van der Waals surface area contributed by atoms with Crippen LogP contribution in [0.25, 0.3) is 0 Å². The Hall–Kier alpha value is -0.0800. The first kappa shape index (κ1) is 14.0. The van der Waals surface area contributed by atoms with Crippen molar-refractivity contribution in [2.24, 2.45) is 11.8 Å². The van der Waals surface area contributed by atoms with Crippen LogP contribution in [-0.2, 0) is 0 Å². The van der Waals surface area contributed by atoms with E-state index in [2.05, 4.69) is 45.0 Å². The zero-order valence-corrected chi connectivity index (χ0v) is 11.8. The summed E-state index contributed by atoms with van der Waals surface area (Å²) in [4.78, 5) is 2.59. The highest BCUT2D eigenvalue weighted by Gasteiger charge is 2.27. The van der Waals surface area contributed by atoms with Crippen molar-refractivity contribution in [2.75, 3.05) is 20.1 Å². The van der Waals surface area contributed by atoms with Crippen LogP contribution in [0.2, 0.25) is 0 Å². The molecule has 0 amide bonds. The molecule has 2 unspecified atom stereocenters. The van der Waals surface area contributed by atoms with Crippen LogP contribution in [0.5, 0.6) is 0 Å². The van der Waals surface area contributed by atoms with Crippen molar-refractivity contribution in [1.29, 1.82) is 0 Å². The number of hydrogen-bond donors (Lipinski definition) is 1. The predicted molar refractivity (Wildman–Crippen MR) is 71.7 cm³/mol. The minimum Gasteiger partial charge on any atom is -0.316 e. The second-order valence-electron chi connectivity index (χ2n) is 6.02. The fraction of sp³-hybridized carbons (Fsp3) is 1.00. The quantitative estimate of drug-likeness (QED) is 0.718. The van der Waals surface area contributed by atoms with Crippen LogP contribution in [0.1, 0.15) is 47.0 Å². The van der Waals surface area contributed by atoms with Crippen molar-refractivity contribution in [1.82, 2.24) is 10.2 Å². The number of nitrogens with one attached hydrogen (secondary N) is 1. The molecule has 0 saturated heterocycles. The van der Waals surface area contributed by atoms with Crippen LogP contribution in [-0.4, -0.2) is 37.1 Å². The molecule has 2 heteroatoms. The summed E-state index contributed by atoms with van der Waals surface area (Å²) in [7, 11) is 2.30. The third-order valence-electron chi connectivity index (χ3n) is 4.14. The van der Waals surface area contributed by atoms with Gasteiger partial charge in [-0.1, -0.05) is 27.2 Å². The standard InChI is InChI=1S/C14H30N2/c1-11(2)9-15-10-12(3)13(4)16(5)14-7-6-8-14/h11-15H,6-10H2,1-5H3. The summed E-state index contributed by atoms with van der Waals surface area (Å²) in [5, 5.41) is 3.57. The van der Waals surface area contributed by atoms with E-state index in [4.69, 9.17) is 0 Å². The van der Waals surface area contributed by atoms with Crippen LogP contribution in [0, 0.1) is 11.8 Å². The topological polar surface area (TPSA) is 15.3 Å². The average Bonchev–Trinajstić information content (AvgIpc) is 2.13. The van der Waals surface area contributed by atoms with Gasteiger partial charge in [0, 0.05) is 12.1 Å². The Kier molecular flexibility index (Phi) is 5.77. The van der Waals surface area contributed by atoms with Gasteiger partial charge in [0.05, 0.1) is 0 Å². The van der Waals surface area contributed by atoms with Crippen molar-refractivity contribution >= 4 is 0 Å². The van der Waals surface area contributed by atoms with E-state index in [1.54, 1.807) is 0 Å². The van der Waals surface area contributed by atoms with E-state index < -0.39 is 0 Å². The van der Waals surface area contributed by atoms with Crippen LogP contribution < -0.4 is 5.32 Å². The highest BCUT2D eigenvalue weighted by molar-refractivity contribution is 4.83. The van der Waals surface area contributed by atoms with Crippen molar-refractivity contribution in [3.8, 4) is 0 Å². The number of hydrogen-bond acceptors (Lipinski definition) is 2. The van der Waals surface area contributed by atoms with Crippen molar-refractivity contribution < 1.29 is 0 Å². The molecule has 0 heterocycles. The van der Waals surface area contributed by atoms with Crippen molar-refractivity contribution in [3.05, 3.63) is 0 Å². The van der Waals surface area contributed by atoms with Gasteiger partial charge in [-0.3, -0.25) is 0 Å². The van der Waals surface area contributed by atoms with Crippen molar-refractivity contribution in [3.63, 3.8) is 0 Å². The molecule has 1 rings (SSSR count). The Morgan fingerprint density at radius 2 is 1.75 bits per heavy atom. The molecule has 1 fully saturated rings. The normalized spacial score (nSPS) is 21.2. The molecule has 1 saturated carbocycles. The van der Waals surface area contributed by atoms with E-state index >= 15 is 0 Å². The van der Waals surface area contributed by atoms with Gasteiger partial charge >= 0.3 is 0 Å². The fourth-order valence-corrected chi connectivity index (χ4v) is 2.30. The molecule has 0 spiro atoms. The molecule has 0 radical (unpaired) electrons. The summed E-state index contributed by atoms with van der Waals surface area (Å²) in [5.74, 6) is 1.50. The molecule has 0 bridgehead atoms. The van der Waals surface area contributed by atoms with Gasteiger partial charge in [0.15, 0.2) is 0 Å². The lowest BCUT2D eigenvalue weighted by Gasteiger charge is -2.41. The molecule has 96 valence electrons. The van der Waals surface area contributed by atoms with E-state index in [9.17, 15) is 0 Å². The minimum absolute atomic E-state index is 0.699. The Bertz CT molecular complexity index is 187. The van der Waals surface area contributed by atoms with Crippen LogP contribution >= 0.6 is 0 Å². The van der Waals surface area contributed by atoms with Crippen LogP contribution in [0.15, 0.2) is 0 Å². The molecule has 0 aromatic heterocycles. The monoisotopic (exact) mass is 226 g/mol. The Morgan fingerprint density at radius 3 is 2.19 bits per heavy atom. The summed E-state index contributed by atoms with van der Waals surface area (Å²) in [5.41, 5.74) is 0. The average molecular weight is 226 g/mol. The van der Waals surface area contributed by atoms with E-state index in [0.29, 0.717) is 6.04 Å². The van der Waals surface area contributed by atoms with Gasteiger partial charge < -0.3 is 10.2 Å². The van der Waals surface area contributed by atoms with Gasteiger partial charge in [0.1, 0.15) is 0 Å². The third kappa shape index (κ3) is 4.06. The summed E-state index contributed by atoms with van der Waals surface area (Å²) >= 11 is 0. The highest BCUT2D eigenvalue weighted by atomic mass is 15.2. The predicted octanol–water partition coefficient (Wildman–Crippen LogP) is 2.74. The summed E-state index contributed by atoms with van der Waals surface area (Å²) in [6.07, 6.45) is 4.25. The molecule has 2 atom stereocenters. The number of nitrogens with zero attached hydrogens (tertiary/aromatic N) is 1. The first-order chi connectivity index (χ1) is 7.52. The maximum absolute atomic E-state index is 3.57. The first-order valence-electron chi connectivity index (χ1n) is 6.95. The lowest BCUT2D eigenvalue weighted by molar-refractivity contribution is 0.0895. The van der Waals surface area contributed by atoms with Gasteiger partial charge in [0.2, 0.25) is 0 Å². The highest BCUT2D eigenvalue weighted by Crippen LogP contribution is 2.26. The molecule has 0 aromatic rings. The molecule has 0 aliphatic heterocycles. The Balaban J connectivity index is 2.20. The smallest absolute Gasteiger partial charge is 0.0105 e. The molecule has 1 aliphatic carbocycles. The zero-order chi connectivity index (χ0) is 12.1. The minimum atomic E-state index is 0.699. The van der Waals surface area contributed by atoms with Gasteiger partial charge in [0.25, 0.3) is 0 Å². The molecule has 16 heavy (non-hydrogen) atoms. The first-order valence-corrected chi connectivity index (χ1v) is 6.95. The van der Waals surface area contributed by atoms with E-state index in [-0.39, 0.29) is 0 Å². The van der Waals surface area contributed by atoms with E-state index in [1.807, 2.05) is 0 Å². The largest absolute Gasteiger partial charge is 0.316 e. The molecule has 1 aliphatic rings. The molecule has 2 nitrogen and oxygen atoms in total. The lowest BCUT2D eigenvalue weighted by Crippen LogP contribution is -2.47. The van der Waals surface area contributed by atoms with Gasteiger partial charge in [-0.25, -0.2) is 0 Å². The zero-order valence-electron chi connectivity index (χ0n) is 11.8. The van der Waals surface area contributed by atoms with Crippen LogP contribution in [0.3, 0.4) is 0 Å². The SMILES string of the molecule is CC(C)CNCC(C)C(C)N(C)C1CCC1. The molecular weight excluding hydrogens is 196 g/mol. The molecule has 0 aromatic carbocycles. The molecule has 1 N–H and O–H groups in total. The van der Waals surface area contributed by atoms with Gasteiger partial charge in [-0.05, 0) is 51.7 Å². The molecular formula is C14H30N2. The summed E-state index contributed by atoms with van der Waals surface area (Å²) in [6, 6.07) is 1.56. The Morgan fingerprint density at radius 1 is 1.12 bits per heavy atom. The van der Waals surface area contributed by atoms with Gasteiger partial charge in [-0.15, -0.1) is 0 Å². The second-order valence-corrected chi connectivity index (χ2v) is 6.02. The number of rotatable bonds is 7. The van der Waals surface area contributed by atoms with Crippen molar-refractivity contribution in [2.45, 2.75) is 59.0 Å². The Labute approximate surface area is 102 Å². The van der Waals surface area contributed by atoms with E-state index in [0.717, 1.165) is 31.0 Å². The van der Waals surface area contributed by atoms with Gasteiger partial charge in [-0.2, -0.15) is 0 Å². The summed E-state index contributed by atoms with van der Waals surface area (Å²) < 4.78 is 0. The maximum atomic E-state index is 3.57. The van der Waals surface area contributed by atoms with Crippen LogP contribution in [0.4, 0.5) is 0 Å². The maximum Gasteiger partial charge on any atom is 0.0105 e.